The van der Waals surface area contributed by atoms with Crippen LogP contribution in [0.1, 0.15) is 25.7 Å². The summed E-state index contributed by atoms with van der Waals surface area (Å²) in [6.07, 6.45) is 4.52. The SMILES string of the molecule is O=[N+]([O-])c1ccc(Cl)cc1NC1CCCC1. The van der Waals surface area contributed by atoms with Crippen molar-refractivity contribution in [3.05, 3.63) is 33.3 Å². The lowest BCUT2D eigenvalue weighted by Gasteiger charge is -2.13. The number of nitro groups is 1. The molecule has 1 saturated carbocycles. The van der Waals surface area contributed by atoms with Crippen LogP contribution in [0.25, 0.3) is 0 Å². The lowest BCUT2D eigenvalue weighted by molar-refractivity contribution is -0.384. The quantitative estimate of drug-likeness (QED) is 0.649. The Morgan fingerprint density at radius 2 is 2.06 bits per heavy atom. The third-order valence-corrected chi connectivity index (χ3v) is 3.11. The molecule has 0 spiro atoms. The fourth-order valence-electron chi connectivity index (χ4n) is 2.07. The van der Waals surface area contributed by atoms with Gasteiger partial charge in [0, 0.05) is 17.1 Å². The molecule has 0 unspecified atom stereocenters. The predicted molar refractivity (Wildman–Crippen MR) is 64.0 cm³/mol. The Labute approximate surface area is 98.8 Å². The van der Waals surface area contributed by atoms with E-state index < -0.39 is 0 Å². The number of benzene rings is 1. The highest BCUT2D eigenvalue weighted by atomic mass is 35.5. The first-order chi connectivity index (χ1) is 7.66. The van der Waals surface area contributed by atoms with Gasteiger partial charge in [-0.05, 0) is 25.0 Å². The van der Waals surface area contributed by atoms with E-state index in [4.69, 9.17) is 11.6 Å². The van der Waals surface area contributed by atoms with Gasteiger partial charge in [-0.15, -0.1) is 0 Å². The van der Waals surface area contributed by atoms with E-state index in [1.165, 1.54) is 18.9 Å². The topological polar surface area (TPSA) is 55.2 Å². The van der Waals surface area contributed by atoms with Gasteiger partial charge in [-0.3, -0.25) is 10.1 Å². The van der Waals surface area contributed by atoms with Gasteiger partial charge in [-0.2, -0.15) is 0 Å². The van der Waals surface area contributed by atoms with Crippen molar-refractivity contribution < 1.29 is 4.92 Å². The number of hydrogen-bond acceptors (Lipinski definition) is 3. The molecular weight excluding hydrogens is 228 g/mol. The molecule has 2 rings (SSSR count). The minimum Gasteiger partial charge on any atom is -0.377 e. The van der Waals surface area contributed by atoms with Crippen molar-refractivity contribution in [1.29, 1.82) is 0 Å². The second-order valence-corrected chi connectivity index (χ2v) is 4.48. The molecule has 0 atom stereocenters. The Kier molecular flexibility index (Phi) is 3.29. The lowest BCUT2D eigenvalue weighted by Crippen LogP contribution is -2.15. The maximum atomic E-state index is 10.8. The number of hydrogen-bond donors (Lipinski definition) is 1. The third kappa shape index (κ3) is 2.44. The average Bonchev–Trinajstić information content (AvgIpc) is 2.70. The minimum atomic E-state index is -0.381. The first-order valence-corrected chi connectivity index (χ1v) is 5.75. The summed E-state index contributed by atoms with van der Waals surface area (Å²) in [5, 5.41) is 14.6. The average molecular weight is 241 g/mol. The van der Waals surface area contributed by atoms with Crippen LogP contribution in [0.3, 0.4) is 0 Å². The van der Waals surface area contributed by atoms with Crippen molar-refractivity contribution in [1.82, 2.24) is 0 Å². The molecule has 0 aromatic heterocycles. The Bertz CT molecular complexity index is 403. The van der Waals surface area contributed by atoms with Gasteiger partial charge in [0.25, 0.3) is 5.69 Å². The molecule has 0 saturated heterocycles. The fraction of sp³-hybridized carbons (Fsp3) is 0.455. The van der Waals surface area contributed by atoms with Crippen molar-refractivity contribution in [2.45, 2.75) is 31.7 Å². The maximum Gasteiger partial charge on any atom is 0.292 e. The smallest absolute Gasteiger partial charge is 0.292 e. The summed E-state index contributed by atoms with van der Waals surface area (Å²) in [6, 6.07) is 4.95. The molecule has 0 heterocycles. The van der Waals surface area contributed by atoms with E-state index in [9.17, 15) is 10.1 Å². The molecule has 1 aliphatic carbocycles. The zero-order chi connectivity index (χ0) is 11.5. The summed E-state index contributed by atoms with van der Waals surface area (Å²) in [5.74, 6) is 0. The van der Waals surface area contributed by atoms with Gasteiger partial charge in [-0.1, -0.05) is 24.4 Å². The number of anilines is 1. The highest BCUT2D eigenvalue weighted by Crippen LogP contribution is 2.31. The predicted octanol–water partition coefficient (Wildman–Crippen LogP) is 3.60. The van der Waals surface area contributed by atoms with E-state index in [1.54, 1.807) is 12.1 Å². The van der Waals surface area contributed by atoms with Gasteiger partial charge in [0.2, 0.25) is 0 Å². The maximum absolute atomic E-state index is 10.8. The number of nitro benzene ring substituents is 1. The summed E-state index contributed by atoms with van der Waals surface area (Å²) >= 11 is 5.84. The van der Waals surface area contributed by atoms with Crippen molar-refractivity contribution in [3.63, 3.8) is 0 Å². The van der Waals surface area contributed by atoms with E-state index in [-0.39, 0.29) is 10.6 Å². The molecule has 1 N–H and O–H groups in total. The largest absolute Gasteiger partial charge is 0.377 e. The van der Waals surface area contributed by atoms with E-state index in [0.29, 0.717) is 16.8 Å². The van der Waals surface area contributed by atoms with Gasteiger partial charge in [0.05, 0.1) is 4.92 Å². The van der Waals surface area contributed by atoms with E-state index in [2.05, 4.69) is 5.32 Å². The van der Waals surface area contributed by atoms with Gasteiger partial charge in [0.1, 0.15) is 5.69 Å². The Balaban J connectivity index is 2.22. The second kappa shape index (κ2) is 4.70. The van der Waals surface area contributed by atoms with Crippen LogP contribution in [0.4, 0.5) is 11.4 Å². The molecule has 1 fully saturated rings. The zero-order valence-corrected chi connectivity index (χ0v) is 9.54. The van der Waals surface area contributed by atoms with E-state index in [0.717, 1.165) is 12.8 Å². The first kappa shape index (κ1) is 11.2. The summed E-state index contributed by atoms with van der Waals surface area (Å²) in [6.45, 7) is 0. The van der Waals surface area contributed by atoms with Crippen molar-refractivity contribution in [2.24, 2.45) is 0 Å². The van der Waals surface area contributed by atoms with Crippen LogP contribution in [-0.4, -0.2) is 11.0 Å². The van der Waals surface area contributed by atoms with Crippen LogP contribution in [0.2, 0.25) is 5.02 Å². The molecular formula is C11H13ClN2O2. The lowest BCUT2D eigenvalue weighted by atomic mass is 10.2. The Morgan fingerprint density at radius 3 is 2.69 bits per heavy atom. The number of rotatable bonds is 3. The highest BCUT2D eigenvalue weighted by Gasteiger charge is 2.20. The highest BCUT2D eigenvalue weighted by molar-refractivity contribution is 6.31. The molecule has 1 aromatic rings. The zero-order valence-electron chi connectivity index (χ0n) is 8.78. The summed E-state index contributed by atoms with van der Waals surface area (Å²) in [5.41, 5.74) is 0.626. The molecule has 5 heteroatoms. The summed E-state index contributed by atoms with van der Waals surface area (Å²) in [7, 11) is 0. The standard InChI is InChI=1S/C11H13ClN2O2/c12-8-5-6-11(14(15)16)10(7-8)13-9-3-1-2-4-9/h5-7,9,13H,1-4H2. The second-order valence-electron chi connectivity index (χ2n) is 4.04. The van der Waals surface area contributed by atoms with Gasteiger partial charge in [0.15, 0.2) is 0 Å². The van der Waals surface area contributed by atoms with Crippen LogP contribution in [0.15, 0.2) is 18.2 Å². The molecule has 0 aliphatic heterocycles. The number of nitrogens with zero attached hydrogens (tertiary/aromatic N) is 1. The minimum absolute atomic E-state index is 0.0938. The molecule has 1 aromatic carbocycles. The van der Waals surface area contributed by atoms with Gasteiger partial charge >= 0.3 is 0 Å². The molecule has 0 bridgehead atoms. The first-order valence-electron chi connectivity index (χ1n) is 5.37. The van der Waals surface area contributed by atoms with Crippen LogP contribution in [0.5, 0.6) is 0 Å². The molecule has 4 nitrogen and oxygen atoms in total. The summed E-state index contributed by atoms with van der Waals surface area (Å²) < 4.78 is 0. The van der Waals surface area contributed by atoms with Crippen LogP contribution < -0.4 is 5.32 Å². The van der Waals surface area contributed by atoms with Crippen molar-refractivity contribution in [3.8, 4) is 0 Å². The molecule has 0 amide bonds. The number of nitrogens with one attached hydrogen (secondary N) is 1. The Morgan fingerprint density at radius 1 is 1.38 bits per heavy atom. The Hall–Kier alpha value is -1.29. The molecule has 86 valence electrons. The fourth-order valence-corrected chi connectivity index (χ4v) is 2.25. The molecule has 1 aliphatic rings. The number of halogens is 1. The van der Waals surface area contributed by atoms with Crippen molar-refractivity contribution >= 4 is 23.0 Å². The van der Waals surface area contributed by atoms with Gasteiger partial charge < -0.3 is 5.32 Å². The van der Waals surface area contributed by atoms with E-state index >= 15 is 0 Å². The van der Waals surface area contributed by atoms with Crippen LogP contribution in [0, 0.1) is 10.1 Å². The van der Waals surface area contributed by atoms with Crippen LogP contribution in [-0.2, 0) is 0 Å². The van der Waals surface area contributed by atoms with E-state index in [1.807, 2.05) is 0 Å². The molecule has 0 radical (unpaired) electrons. The molecule has 16 heavy (non-hydrogen) atoms. The third-order valence-electron chi connectivity index (χ3n) is 2.87. The van der Waals surface area contributed by atoms with Crippen LogP contribution >= 0.6 is 11.6 Å². The van der Waals surface area contributed by atoms with Gasteiger partial charge in [-0.25, -0.2) is 0 Å². The normalized spacial score (nSPS) is 16.3. The monoisotopic (exact) mass is 240 g/mol. The summed E-state index contributed by atoms with van der Waals surface area (Å²) in [4.78, 5) is 10.4. The van der Waals surface area contributed by atoms with Crippen molar-refractivity contribution in [2.75, 3.05) is 5.32 Å².